The zero-order valence-electron chi connectivity index (χ0n) is 15.6. The lowest BCUT2D eigenvalue weighted by Crippen LogP contribution is -2.33. The predicted molar refractivity (Wildman–Crippen MR) is 97.6 cm³/mol. The van der Waals surface area contributed by atoms with Gasteiger partial charge in [0.15, 0.2) is 6.10 Å². The number of nitrogens with one attached hydrogen (secondary N) is 1. The maximum Gasteiger partial charge on any atom is 0.312 e. The van der Waals surface area contributed by atoms with Gasteiger partial charge in [0.1, 0.15) is 11.6 Å². The maximum atomic E-state index is 13.6. The van der Waals surface area contributed by atoms with Gasteiger partial charge < -0.3 is 19.4 Å². The molecule has 2 heterocycles. The first kappa shape index (κ1) is 19.6. The van der Waals surface area contributed by atoms with Crippen LogP contribution in [0.4, 0.5) is 10.1 Å². The Morgan fingerprint density at radius 2 is 2.18 bits per heavy atom. The summed E-state index contributed by atoms with van der Waals surface area (Å²) in [5.74, 6) is -1.83. The van der Waals surface area contributed by atoms with Crippen molar-refractivity contribution in [2.75, 3.05) is 11.9 Å². The van der Waals surface area contributed by atoms with Crippen LogP contribution in [-0.4, -0.2) is 35.3 Å². The summed E-state index contributed by atoms with van der Waals surface area (Å²) in [6.07, 6.45) is 0.463. The first-order valence-corrected chi connectivity index (χ1v) is 8.91. The van der Waals surface area contributed by atoms with E-state index in [1.54, 1.807) is 31.2 Å². The highest BCUT2D eigenvalue weighted by molar-refractivity contribution is 5.95. The molecule has 2 amide bonds. The summed E-state index contributed by atoms with van der Waals surface area (Å²) >= 11 is 0. The van der Waals surface area contributed by atoms with Crippen LogP contribution in [0.5, 0.6) is 0 Å². The molecule has 0 bridgehead atoms. The first-order valence-electron chi connectivity index (χ1n) is 8.91. The summed E-state index contributed by atoms with van der Waals surface area (Å²) in [5.41, 5.74) is 0.735. The molecule has 1 aliphatic rings. The number of aryl methyl sites for hydroxylation is 1. The number of hydrogen-bond acceptors (Lipinski definition) is 5. The van der Waals surface area contributed by atoms with Crippen molar-refractivity contribution in [2.45, 2.75) is 32.9 Å². The van der Waals surface area contributed by atoms with Crippen LogP contribution >= 0.6 is 0 Å². The van der Waals surface area contributed by atoms with Gasteiger partial charge in [-0.25, -0.2) is 4.39 Å². The topological polar surface area (TPSA) is 88.8 Å². The van der Waals surface area contributed by atoms with Gasteiger partial charge in [-0.15, -0.1) is 0 Å². The maximum absolute atomic E-state index is 13.6. The number of anilines is 1. The third kappa shape index (κ3) is 4.57. The molecule has 1 aromatic carbocycles. The van der Waals surface area contributed by atoms with E-state index in [4.69, 9.17) is 9.15 Å². The fraction of sp³-hybridized carbons (Fsp3) is 0.350. The fourth-order valence-electron chi connectivity index (χ4n) is 2.91. The molecule has 3 rings (SSSR count). The predicted octanol–water partition coefficient (Wildman–Crippen LogP) is 2.65. The highest BCUT2D eigenvalue weighted by Gasteiger charge is 2.36. The number of hydrogen-bond donors (Lipinski definition) is 1. The Hall–Kier alpha value is -3.16. The smallest absolute Gasteiger partial charge is 0.312 e. The van der Waals surface area contributed by atoms with Gasteiger partial charge >= 0.3 is 5.97 Å². The van der Waals surface area contributed by atoms with E-state index in [2.05, 4.69) is 5.32 Å². The number of carbonyl (C=O) groups excluding carboxylic acids is 3. The molecule has 0 unspecified atom stereocenters. The van der Waals surface area contributed by atoms with E-state index in [0.29, 0.717) is 11.3 Å². The van der Waals surface area contributed by atoms with Crippen molar-refractivity contribution in [3.63, 3.8) is 0 Å². The first-order chi connectivity index (χ1) is 13.3. The number of esters is 1. The number of rotatable bonds is 6. The standard InChI is InChI=1S/C20H21FN2O5/c1-12-5-6-15(9-17(12)21)22-19(25)13(2)28-20(26)14-8-18(24)23(10-14)11-16-4-3-7-27-16/h3-7,9,13-14H,8,10-11H2,1-2H3,(H,22,25)/t13-,14+/m0/s1. The molecule has 8 heteroatoms. The highest BCUT2D eigenvalue weighted by Crippen LogP contribution is 2.22. The molecule has 1 aliphatic heterocycles. The largest absolute Gasteiger partial charge is 0.467 e. The van der Waals surface area contributed by atoms with Crippen LogP contribution in [0.1, 0.15) is 24.7 Å². The lowest BCUT2D eigenvalue weighted by atomic mass is 10.1. The minimum absolute atomic E-state index is 0.0249. The zero-order chi connectivity index (χ0) is 20.3. The number of ether oxygens (including phenoxy) is 1. The molecule has 1 fully saturated rings. The summed E-state index contributed by atoms with van der Waals surface area (Å²) in [7, 11) is 0. The summed E-state index contributed by atoms with van der Waals surface area (Å²) in [5, 5.41) is 2.51. The quantitative estimate of drug-likeness (QED) is 0.769. The van der Waals surface area contributed by atoms with Crippen molar-refractivity contribution in [3.8, 4) is 0 Å². The van der Waals surface area contributed by atoms with Gasteiger partial charge in [-0.2, -0.15) is 0 Å². The van der Waals surface area contributed by atoms with Gasteiger partial charge in [0.2, 0.25) is 5.91 Å². The molecular weight excluding hydrogens is 367 g/mol. The average Bonchev–Trinajstić information content (AvgIpc) is 3.28. The molecule has 0 radical (unpaired) electrons. The third-order valence-electron chi connectivity index (χ3n) is 4.58. The Kier molecular flexibility index (Phi) is 5.77. The number of halogens is 1. The van der Waals surface area contributed by atoms with Gasteiger partial charge in [-0.3, -0.25) is 14.4 Å². The molecule has 28 heavy (non-hydrogen) atoms. The summed E-state index contributed by atoms with van der Waals surface area (Å²) in [6.45, 7) is 3.53. The second-order valence-electron chi connectivity index (χ2n) is 6.79. The van der Waals surface area contributed by atoms with Crippen LogP contribution in [-0.2, 0) is 25.7 Å². The van der Waals surface area contributed by atoms with Gasteiger partial charge in [0, 0.05) is 18.7 Å². The summed E-state index contributed by atoms with van der Waals surface area (Å²) in [4.78, 5) is 38.2. The van der Waals surface area contributed by atoms with Gasteiger partial charge in [0.05, 0.1) is 18.7 Å². The van der Waals surface area contributed by atoms with Crippen LogP contribution in [0.15, 0.2) is 41.0 Å². The lowest BCUT2D eigenvalue weighted by Gasteiger charge is -2.17. The Morgan fingerprint density at radius 3 is 2.86 bits per heavy atom. The summed E-state index contributed by atoms with van der Waals surface area (Å²) in [6, 6.07) is 7.78. The molecule has 148 valence electrons. The second-order valence-corrected chi connectivity index (χ2v) is 6.79. The van der Waals surface area contributed by atoms with Crippen molar-refractivity contribution in [1.82, 2.24) is 4.90 Å². The van der Waals surface area contributed by atoms with Gasteiger partial charge in [0.25, 0.3) is 5.91 Å². The normalized spacial score (nSPS) is 17.5. The fourth-order valence-corrected chi connectivity index (χ4v) is 2.91. The lowest BCUT2D eigenvalue weighted by molar-refractivity contribution is -0.157. The molecule has 2 atom stereocenters. The second kappa shape index (κ2) is 8.24. The summed E-state index contributed by atoms with van der Waals surface area (Å²) < 4.78 is 24.0. The monoisotopic (exact) mass is 388 g/mol. The van der Waals surface area contributed by atoms with Crippen molar-refractivity contribution >= 4 is 23.5 Å². The van der Waals surface area contributed by atoms with E-state index < -0.39 is 29.7 Å². The molecule has 1 saturated heterocycles. The molecule has 1 aromatic heterocycles. The third-order valence-corrected chi connectivity index (χ3v) is 4.58. The number of nitrogens with zero attached hydrogens (tertiary/aromatic N) is 1. The van der Waals surface area contributed by atoms with Crippen molar-refractivity contribution in [3.05, 3.63) is 53.7 Å². The molecule has 0 saturated carbocycles. The van der Waals surface area contributed by atoms with Crippen molar-refractivity contribution in [2.24, 2.45) is 5.92 Å². The molecule has 0 aliphatic carbocycles. The minimum Gasteiger partial charge on any atom is -0.467 e. The van der Waals surface area contributed by atoms with Crippen LogP contribution in [0, 0.1) is 18.7 Å². The van der Waals surface area contributed by atoms with Crippen LogP contribution < -0.4 is 5.32 Å². The molecule has 1 N–H and O–H groups in total. The Morgan fingerprint density at radius 1 is 1.39 bits per heavy atom. The number of likely N-dealkylation sites (tertiary alicyclic amines) is 1. The van der Waals surface area contributed by atoms with Crippen LogP contribution in [0.25, 0.3) is 0 Å². The van der Waals surface area contributed by atoms with Gasteiger partial charge in [-0.05, 0) is 43.7 Å². The number of furan rings is 1. The van der Waals surface area contributed by atoms with Crippen molar-refractivity contribution in [1.29, 1.82) is 0 Å². The van der Waals surface area contributed by atoms with Crippen LogP contribution in [0.2, 0.25) is 0 Å². The van der Waals surface area contributed by atoms with E-state index in [0.717, 1.165) is 0 Å². The number of carbonyl (C=O) groups is 3. The van der Waals surface area contributed by atoms with E-state index in [9.17, 15) is 18.8 Å². The average molecular weight is 388 g/mol. The van der Waals surface area contributed by atoms with Crippen LogP contribution in [0.3, 0.4) is 0 Å². The molecule has 0 spiro atoms. The SMILES string of the molecule is Cc1ccc(NC(=O)[C@H](C)OC(=O)[C@@H]2CC(=O)N(Cc3ccco3)C2)cc1F. The minimum atomic E-state index is -1.08. The van der Waals surface area contributed by atoms with Gasteiger partial charge in [-0.1, -0.05) is 6.07 Å². The number of benzene rings is 1. The van der Waals surface area contributed by atoms with Crippen molar-refractivity contribution < 1.29 is 27.9 Å². The van der Waals surface area contributed by atoms with E-state index >= 15 is 0 Å². The van der Waals surface area contributed by atoms with E-state index in [1.165, 1.54) is 24.2 Å². The van der Waals surface area contributed by atoms with E-state index in [1.807, 2.05) is 0 Å². The number of amides is 2. The Bertz CT molecular complexity index is 881. The molecule has 7 nitrogen and oxygen atoms in total. The molecular formula is C20H21FN2O5. The van der Waals surface area contributed by atoms with E-state index in [-0.39, 0.29) is 31.1 Å². The highest BCUT2D eigenvalue weighted by atomic mass is 19.1. The molecule has 2 aromatic rings. The zero-order valence-corrected chi connectivity index (χ0v) is 15.6. The Labute approximate surface area is 161 Å². The Balaban J connectivity index is 1.52.